The summed E-state index contributed by atoms with van der Waals surface area (Å²) >= 11 is 0. The van der Waals surface area contributed by atoms with Crippen LogP contribution in [0.4, 0.5) is 0 Å². The van der Waals surface area contributed by atoms with Gasteiger partial charge in [0.2, 0.25) is 0 Å². The average Bonchev–Trinajstić information content (AvgIpc) is 2.28. The molecule has 0 aromatic carbocycles. The van der Waals surface area contributed by atoms with E-state index in [4.69, 9.17) is 0 Å². The maximum atomic E-state index is 10.3. The summed E-state index contributed by atoms with van der Waals surface area (Å²) in [4.78, 5) is 0. The molecule has 19 heavy (non-hydrogen) atoms. The number of aliphatic hydroxyl groups excluding tert-OH is 1. The molecule has 0 aliphatic carbocycles. The summed E-state index contributed by atoms with van der Waals surface area (Å²) in [6, 6.07) is 0. The van der Waals surface area contributed by atoms with Crippen LogP contribution in [0.25, 0.3) is 0 Å². The Morgan fingerprint density at radius 1 is 0.947 bits per heavy atom. The fourth-order valence-corrected chi connectivity index (χ4v) is 2.52. The summed E-state index contributed by atoms with van der Waals surface area (Å²) in [6.45, 7) is 2.17. The average molecular weight is 319 g/mol. The van der Waals surface area contributed by atoms with Gasteiger partial charge in [0, 0.05) is 5.75 Å². The summed E-state index contributed by atoms with van der Waals surface area (Å²) in [5.74, 6) is -0.257. The van der Waals surface area contributed by atoms with E-state index in [9.17, 15) is 18.1 Å². The SMILES string of the molecule is CCCCCCC(O)CCCCCCS(=O)(=O)[O-].[K+]. The van der Waals surface area contributed by atoms with E-state index in [1.807, 2.05) is 0 Å². The van der Waals surface area contributed by atoms with Crippen molar-refractivity contribution in [2.45, 2.75) is 77.2 Å². The topological polar surface area (TPSA) is 77.4 Å². The Balaban J connectivity index is 0. The first-order chi connectivity index (χ1) is 8.45. The van der Waals surface area contributed by atoms with Crippen LogP contribution in [0, 0.1) is 0 Å². The Labute approximate surface area is 160 Å². The first-order valence-corrected chi connectivity index (χ1v) is 8.65. The number of rotatable bonds is 12. The summed E-state index contributed by atoms with van der Waals surface area (Å²) in [5, 5.41) is 9.69. The van der Waals surface area contributed by atoms with Crippen molar-refractivity contribution in [1.82, 2.24) is 0 Å². The van der Waals surface area contributed by atoms with Gasteiger partial charge >= 0.3 is 51.4 Å². The Morgan fingerprint density at radius 2 is 1.42 bits per heavy atom. The standard InChI is InChI=1S/C13H28O4S.K/c1-2-3-4-7-10-13(14)11-8-5-6-9-12-18(15,16)17;/h13-14H,2-12H2,1H3,(H,15,16,17);/q;+1/p-1. The molecule has 110 valence electrons. The molecule has 0 aromatic heterocycles. The summed E-state index contributed by atoms with van der Waals surface area (Å²) in [7, 11) is -4.04. The fourth-order valence-electron chi connectivity index (χ4n) is 1.96. The van der Waals surface area contributed by atoms with Crippen LogP contribution in [0.2, 0.25) is 0 Å². The summed E-state index contributed by atoms with van der Waals surface area (Å²) in [5.41, 5.74) is 0. The number of unbranched alkanes of at least 4 members (excludes halogenated alkanes) is 6. The molecule has 6 heteroatoms. The quantitative estimate of drug-likeness (QED) is 0.308. The molecule has 0 aliphatic heterocycles. The van der Waals surface area contributed by atoms with Crippen molar-refractivity contribution in [3.63, 3.8) is 0 Å². The number of aliphatic hydroxyl groups is 1. The Kier molecular flexibility index (Phi) is 17.3. The van der Waals surface area contributed by atoms with Gasteiger partial charge in [-0.3, -0.25) is 0 Å². The summed E-state index contributed by atoms with van der Waals surface area (Å²) in [6.07, 6.45) is 9.15. The van der Waals surface area contributed by atoms with Crippen molar-refractivity contribution in [2.75, 3.05) is 5.75 Å². The monoisotopic (exact) mass is 318 g/mol. The van der Waals surface area contributed by atoms with Crippen LogP contribution in [0.3, 0.4) is 0 Å². The van der Waals surface area contributed by atoms with E-state index in [1.165, 1.54) is 19.3 Å². The third-order valence-corrected chi connectivity index (χ3v) is 3.86. The van der Waals surface area contributed by atoms with Crippen molar-refractivity contribution in [3.8, 4) is 0 Å². The van der Waals surface area contributed by atoms with Gasteiger partial charge in [0.1, 0.15) is 0 Å². The predicted octanol–water partition coefficient (Wildman–Crippen LogP) is -0.183. The minimum Gasteiger partial charge on any atom is -0.748 e. The van der Waals surface area contributed by atoms with E-state index in [0.717, 1.165) is 38.5 Å². The van der Waals surface area contributed by atoms with Crippen LogP contribution in [-0.2, 0) is 10.1 Å². The second-order valence-electron chi connectivity index (χ2n) is 4.97. The first kappa shape index (κ1) is 22.8. The Hall–Kier alpha value is 1.51. The third kappa shape index (κ3) is 19.5. The van der Waals surface area contributed by atoms with Gasteiger partial charge in [0.15, 0.2) is 0 Å². The van der Waals surface area contributed by atoms with Crippen LogP contribution < -0.4 is 51.4 Å². The number of hydrogen-bond acceptors (Lipinski definition) is 4. The molecule has 1 atom stereocenters. The molecule has 0 fully saturated rings. The van der Waals surface area contributed by atoms with E-state index >= 15 is 0 Å². The molecule has 0 spiro atoms. The normalized spacial score (nSPS) is 13.0. The van der Waals surface area contributed by atoms with Crippen molar-refractivity contribution in [1.29, 1.82) is 0 Å². The molecule has 0 radical (unpaired) electrons. The van der Waals surface area contributed by atoms with Gasteiger partial charge in [0.05, 0.1) is 16.2 Å². The fraction of sp³-hybridized carbons (Fsp3) is 1.00. The maximum Gasteiger partial charge on any atom is 1.00 e. The van der Waals surface area contributed by atoms with E-state index < -0.39 is 10.1 Å². The van der Waals surface area contributed by atoms with Gasteiger partial charge in [-0.2, -0.15) is 0 Å². The van der Waals surface area contributed by atoms with Crippen molar-refractivity contribution >= 4 is 10.1 Å². The van der Waals surface area contributed by atoms with Crippen LogP contribution in [-0.4, -0.2) is 29.9 Å². The van der Waals surface area contributed by atoms with Gasteiger partial charge in [0.25, 0.3) is 0 Å². The predicted molar refractivity (Wildman–Crippen MR) is 72.4 cm³/mol. The zero-order chi connectivity index (χ0) is 13.9. The van der Waals surface area contributed by atoms with Crippen LogP contribution in [0.15, 0.2) is 0 Å². The van der Waals surface area contributed by atoms with Gasteiger partial charge in [-0.15, -0.1) is 0 Å². The molecular formula is C13H27KO4S. The number of hydrogen-bond donors (Lipinski definition) is 1. The van der Waals surface area contributed by atoms with Crippen molar-refractivity contribution < 1.29 is 69.5 Å². The molecule has 0 rings (SSSR count). The second-order valence-corrected chi connectivity index (χ2v) is 6.49. The largest absolute Gasteiger partial charge is 1.00 e. The maximum absolute atomic E-state index is 10.3. The summed E-state index contributed by atoms with van der Waals surface area (Å²) < 4.78 is 31.0. The molecule has 1 N–H and O–H groups in total. The molecule has 0 aliphatic rings. The molecular weight excluding hydrogens is 291 g/mol. The van der Waals surface area contributed by atoms with Crippen molar-refractivity contribution in [3.05, 3.63) is 0 Å². The zero-order valence-electron chi connectivity index (χ0n) is 12.4. The smallest absolute Gasteiger partial charge is 0.748 e. The Bertz CT molecular complexity index is 280. The van der Waals surface area contributed by atoms with Crippen LogP contribution in [0.1, 0.15) is 71.1 Å². The molecule has 0 aromatic rings. The molecule has 1 unspecified atom stereocenters. The van der Waals surface area contributed by atoms with Crippen LogP contribution >= 0.6 is 0 Å². The Morgan fingerprint density at radius 3 is 1.89 bits per heavy atom. The molecule has 0 saturated heterocycles. The van der Waals surface area contributed by atoms with Gasteiger partial charge in [-0.05, 0) is 19.3 Å². The molecule has 0 saturated carbocycles. The zero-order valence-corrected chi connectivity index (χ0v) is 16.4. The third-order valence-electron chi connectivity index (χ3n) is 3.07. The molecule has 4 nitrogen and oxygen atoms in total. The molecule has 0 amide bonds. The van der Waals surface area contributed by atoms with E-state index in [-0.39, 0.29) is 63.2 Å². The van der Waals surface area contributed by atoms with Gasteiger partial charge < -0.3 is 9.66 Å². The first-order valence-electron chi connectivity index (χ1n) is 7.07. The minimum atomic E-state index is -4.04. The van der Waals surface area contributed by atoms with Crippen molar-refractivity contribution in [2.24, 2.45) is 0 Å². The molecule has 0 bridgehead atoms. The minimum absolute atomic E-state index is 0. The second kappa shape index (κ2) is 14.4. The van der Waals surface area contributed by atoms with Crippen LogP contribution in [0.5, 0.6) is 0 Å². The van der Waals surface area contributed by atoms with E-state index in [0.29, 0.717) is 6.42 Å². The molecule has 0 heterocycles. The van der Waals surface area contributed by atoms with Gasteiger partial charge in [-0.25, -0.2) is 8.42 Å². The van der Waals surface area contributed by atoms with E-state index in [2.05, 4.69) is 6.92 Å². The van der Waals surface area contributed by atoms with Gasteiger partial charge in [-0.1, -0.05) is 51.9 Å². The van der Waals surface area contributed by atoms with E-state index in [1.54, 1.807) is 0 Å².